The minimum absolute atomic E-state index is 0.133. The van der Waals surface area contributed by atoms with E-state index in [1.54, 1.807) is 18.7 Å². The molecule has 0 aliphatic carbocycles. The van der Waals surface area contributed by atoms with Gasteiger partial charge in [-0.25, -0.2) is 4.79 Å². The fourth-order valence-electron chi connectivity index (χ4n) is 4.84. The van der Waals surface area contributed by atoms with Gasteiger partial charge in [0.2, 0.25) is 11.8 Å². The number of methoxy groups -OCH3 is 1. The summed E-state index contributed by atoms with van der Waals surface area (Å²) < 4.78 is 4.69. The molecule has 0 unspecified atom stereocenters. The van der Waals surface area contributed by atoms with Crippen molar-refractivity contribution in [2.45, 2.75) is 57.8 Å². The quantitative estimate of drug-likeness (QED) is 0.403. The zero-order chi connectivity index (χ0) is 28.0. The maximum atomic E-state index is 13.7. The monoisotopic (exact) mass is 528 g/mol. The lowest BCUT2D eigenvalue weighted by Crippen LogP contribution is -2.49. The van der Waals surface area contributed by atoms with Gasteiger partial charge in [-0.1, -0.05) is 66.7 Å². The van der Waals surface area contributed by atoms with Crippen LogP contribution < -0.4 is 21.3 Å². The average molecular weight is 529 g/mol. The van der Waals surface area contributed by atoms with Crippen molar-refractivity contribution in [3.8, 4) is 11.1 Å². The Balaban J connectivity index is 1.55. The van der Waals surface area contributed by atoms with Crippen LogP contribution in [0.5, 0.6) is 0 Å². The third-order valence-electron chi connectivity index (χ3n) is 6.73. The van der Waals surface area contributed by atoms with Crippen LogP contribution in [0.25, 0.3) is 11.1 Å². The molecule has 3 aromatic carbocycles. The van der Waals surface area contributed by atoms with Gasteiger partial charge in [-0.2, -0.15) is 0 Å². The Morgan fingerprint density at radius 2 is 1.72 bits per heavy atom. The minimum Gasteiger partial charge on any atom is -0.453 e. The molecule has 0 radical (unpaired) electrons. The highest BCUT2D eigenvalue weighted by Gasteiger charge is 2.32. The molecule has 8 nitrogen and oxygen atoms in total. The number of para-hydroxylation sites is 1. The summed E-state index contributed by atoms with van der Waals surface area (Å²) >= 11 is 0. The molecule has 0 aromatic heterocycles. The molecule has 4 N–H and O–H groups in total. The Morgan fingerprint density at radius 3 is 2.44 bits per heavy atom. The second-order valence-corrected chi connectivity index (χ2v) is 10.6. The van der Waals surface area contributed by atoms with Crippen molar-refractivity contribution in [2.24, 2.45) is 5.73 Å². The lowest BCUT2D eigenvalue weighted by Gasteiger charge is -2.27. The number of carbonyl (C=O) groups is 3. The van der Waals surface area contributed by atoms with E-state index >= 15 is 0 Å². The van der Waals surface area contributed by atoms with Gasteiger partial charge in [-0.3, -0.25) is 9.59 Å². The molecule has 8 heteroatoms. The SMILES string of the molecule is COC(=O)NCc1ccccc1-c1ccc(CN2C(=O)[C@H](NC(=O)CC(C)(C)N)CCc3ccccc32)cc1. The lowest BCUT2D eigenvalue weighted by atomic mass is 9.98. The predicted octanol–water partition coefficient (Wildman–Crippen LogP) is 4.30. The highest BCUT2D eigenvalue weighted by atomic mass is 16.5. The van der Waals surface area contributed by atoms with Crippen LogP contribution in [0.15, 0.2) is 72.8 Å². The molecule has 0 saturated heterocycles. The summed E-state index contributed by atoms with van der Waals surface area (Å²) in [5.74, 6) is -0.358. The molecule has 3 amide bonds. The number of amides is 3. The van der Waals surface area contributed by atoms with E-state index in [2.05, 4.69) is 15.4 Å². The van der Waals surface area contributed by atoms with Crippen LogP contribution in [0.3, 0.4) is 0 Å². The van der Waals surface area contributed by atoms with E-state index in [1.807, 2.05) is 72.8 Å². The molecule has 1 atom stereocenters. The molecule has 0 spiro atoms. The zero-order valence-electron chi connectivity index (χ0n) is 22.7. The number of aryl methyl sites for hydroxylation is 1. The standard InChI is InChI=1S/C31H36N4O4/c1-31(2,32)18-28(36)34-26-17-16-23-8-5-7-11-27(23)35(29(26)37)20-21-12-14-22(15-13-21)25-10-6-4-9-24(25)19-33-30(38)39-3/h4-15,26H,16-20,32H2,1-3H3,(H,33,38)(H,34,36)/t26-/m1/s1. The van der Waals surface area contributed by atoms with E-state index in [4.69, 9.17) is 5.73 Å². The van der Waals surface area contributed by atoms with Gasteiger partial charge in [-0.05, 0) is 60.6 Å². The van der Waals surface area contributed by atoms with E-state index in [-0.39, 0.29) is 18.2 Å². The fourth-order valence-corrected chi connectivity index (χ4v) is 4.84. The number of benzene rings is 3. The molecule has 1 heterocycles. The van der Waals surface area contributed by atoms with E-state index in [1.165, 1.54) is 7.11 Å². The summed E-state index contributed by atoms with van der Waals surface area (Å²) in [4.78, 5) is 39.7. The Kier molecular flexibility index (Phi) is 8.66. The highest BCUT2D eigenvalue weighted by molar-refractivity contribution is 6.00. The third kappa shape index (κ3) is 7.23. The number of hydrogen-bond acceptors (Lipinski definition) is 5. The normalized spacial score (nSPS) is 15.2. The van der Waals surface area contributed by atoms with Gasteiger partial charge in [-0.15, -0.1) is 0 Å². The summed E-state index contributed by atoms with van der Waals surface area (Å²) in [7, 11) is 1.34. The first kappa shape index (κ1) is 27.9. The van der Waals surface area contributed by atoms with Crippen molar-refractivity contribution in [2.75, 3.05) is 12.0 Å². The van der Waals surface area contributed by atoms with Gasteiger partial charge in [0.1, 0.15) is 6.04 Å². The van der Waals surface area contributed by atoms with Crippen LogP contribution in [0.1, 0.15) is 43.4 Å². The molecular formula is C31H36N4O4. The van der Waals surface area contributed by atoms with Crippen molar-refractivity contribution >= 4 is 23.6 Å². The number of nitrogens with zero attached hydrogens (tertiary/aromatic N) is 1. The second-order valence-electron chi connectivity index (χ2n) is 10.6. The van der Waals surface area contributed by atoms with Gasteiger partial charge in [0.05, 0.1) is 13.7 Å². The van der Waals surface area contributed by atoms with E-state index in [9.17, 15) is 14.4 Å². The number of alkyl carbamates (subject to hydrolysis) is 1. The summed E-state index contributed by atoms with van der Waals surface area (Å²) in [5.41, 5.74) is 11.2. The van der Waals surface area contributed by atoms with E-state index < -0.39 is 17.7 Å². The lowest BCUT2D eigenvalue weighted by molar-refractivity contribution is -0.128. The van der Waals surface area contributed by atoms with Crippen LogP contribution in [0.2, 0.25) is 0 Å². The molecule has 1 aliphatic heterocycles. The topological polar surface area (TPSA) is 114 Å². The fraction of sp³-hybridized carbons (Fsp3) is 0.323. The van der Waals surface area contributed by atoms with Crippen LogP contribution in [0.4, 0.5) is 10.5 Å². The summed E-state index contributed by atoms with van der Waals surface area (Å²) in [5, 5.41) is 5.66. The molecule has 4 rings (SSSR count). The molecule has 204 valence electrons. The van der Waals surface area contributed by atoms with Gasteiger partial charge < -0.3 is 26.0 Å². The van der Waals surface area contributed by atoms with Crippen molar-refractivity contribution < 1.29 is 19.1 Å². The molecule has 3 aromatic rings. The van der Waals surface area contributed by atoms with Gasteiger partial charge >= 0.3 is 6.09 Å². The Bertz CT molecular complexity index is 1330. The number of carbonyl (C=O) groups excluding carboxylic acids is 3. The number of ether oxygens (including phenoxy) is 1. The predicted molar refractivity (Wildman–Crippen MR) is 152 cm³/mol. The molecule has 0 fully saturated rings. The van der Waals surface area contributed by atoms with Crippen molar-refractivity contribution in [3.05, 3.63) is 89.5 Å². The number of rotatable bonds is 8. The van der Waals surface area contributed by atoms with Gasteiger partial charge in [0.15, 0.2) is 0 Å². The second kappa shape index (κ2) is 12.1. The Labute approximate surface area is 229 Å². The smallest absolute Gasteiger partial charge is 0.407 e. The molecule has 0 saturated carbocycles. The third-order valence-corrected chi connectivity index (χ3v) is 6.73. The van der Waals surface area contributed by atoms with Crippen LogP contribution >= 0.6 is 0 Å². The minimum atomic E-state index is -0.657. The first-order valence-corrected chi connectivity index (χ1v) is 13.1. The highest BCUT2D eigenvalue weighted by Crippen LogP contribution is 2.30. The zero-order valence-corrected chi connectivity index (χ0v) is 22.7. The van der Waals surface area contributed by atoms with Crippen LogP contribution in [0, 0.1) is 0 Å². The first-order valence-electron chi connectivity index (χ1n) is 13.1. The van der Waals surface area contributed by atoms with Gasteiger partial charge in [0, 0.05) is 24.2 Å². The largest absolute Gasteiger partial charge is 0.453 e. The maximum Gasteiger partial charge on any atom is 0.407 e. The van der Waals surface area contributed by atoms with Crippen LogP contribution in [-0.2, 0) is 33.8 Å². The van der Waals surface area contributed by atoms with E-state index in [0.717, 1.165) is 33.5 Å². The first-order chi connectivity index (χ1) is 18.6. The average Bonchev–Trinajstić information content (AvgIpc) is 3.03. The number of anilines is 1. The van der Waals surface area contributed by atoms with Crippen molar-refractivity contribution in [3.63, 3.8) is 0 Å². The Morgan fingerprint density at radius 1 is 1.03 bits per heavy atom. The van der Waals surface area contributed by atoms with Gasteiger partial charge in [0.25, 0.3) is 0 Å². The van der Waals surface area contributed by atoms with Crippen molar-refractivity contribution in [1.29, 1.82) is 0 Å². The van der Waals surface area contributed by atoms with Crippen LogP contribution in [-0.4, -0.2) is 36.6 Å². The number of hydrogen-bond donors (Lipinski definition) is 3. The van der Waals surface area contributed by atoms with E-state index in [0.29, 0.717) is 25.9 Å². The molecule has 1 aliphatic rings. The number of nitrogens with one attached hydrogen (secondary N) is 2. The van der Waals surface area contributed by atoms with Crippen molar-refractivity contribution in [1.82, 2.24) is 10.6 Å². The number of nitrogens with two attached hydrogens (primary N) is 1. The molecule has 0 bridgehead atoms. The summed E-state index contributed by atoms with van der Waals surface area (Å²) in [6.07, 6.45) is 0.870. The number of fused-ring (bicyclic) bond motifs is 1. The Hall–Kier alpha value is -4.17. The summed E-state index contributed by atoms with van der Waals surface area (Å²) in [6.45, 7) is 4.30. The summed E-state index contributed by atoms with van der Waals surface area (Å²) in [6, 6.07) is 23.2. The molecular weight excluding hydrogens is 492 g/mol. The maximum absolute atomic E-state index is 13.7. The molecule has 39 heavy (non-hydrogen) atoms.